The predicted octanol–water partition coefficient (Wildman–Crippen LogP) is 0.879. The smallest absolute Gasteiger partial charge is 0.308 e. The molecule has 0 aliphatic carbocycles. The molecule has 0 aromatic rings. The van der Waals surface area contributed by atoms with Crippen molar-refractivity contribution in [3.63, 3.8) is 0 Å². The van der Waals surface area contributed by atoms with Gasteiger partial charge in [0, 0.05) is 25.7 Å². The molecule has 2 atom stereocenters. The zero-order valence-corrected chi connectivity index (χ0v) is 15.0. The van der Waals surface area contributed by atoms with E-state index in [1.807, 2.05) is 4.90 Å². The second-order valence-electron chi connectivity index (χ2n) is 6.67. The average Bonchev–Trinajstić information content (AvgIpc) is 2.55. The van der Waals surface area contributed by atoms with E-state index in [2.05, 4.69) is 11.8 Å². The molecule has 2 rings (SSSR count). The Morgan fingerprint density at radius 1 is 1.17 bits per heavy atom. The second-order valence-corrected chi connectivity index (χ2v) is 6.67. The number of methoxy groups -OCH3 is 1. The number of nitrogens with two attached hydrogens (primary N) is 1. The molecule has 1 amide bonds. The Morgan fingerprint density at radius 3 is 2.39 bits per heavy atom. The molecule has 0 radical (unpaired) electrons. The highest BCUT2D eigenvalue weighted by atomic mass is 35.5. The minimum atomic E-state index is -0.152. The highest BCUT2D eigenvalue weighted by Crippen LogP contribution is 2.23. The van der Waals surface area contributed by atoms with E-state index in [1.54, 1.807) is 0 Å². The van der Waals surface area contributed by atoms with Gasteiger partial charge in [0.2, 0.25) is 5.91 Å². The number of nitrogens with zero attached hydrogens (tertiary/aromatic N) is 2. The van der Waals surface area contributed by atoms with Crippen LogP contribution in [0.5, 0.6) is 0 Å². The van der Waals surface area contributed by atoms with Gasteiger partial charge in [-0.1, -0.05) is 6.92 Å². The summed E-state index contributed by atoms with van der Waals surface area (Å²) in [6.07, 6.45) is 3.62. The third kappa shape index (κ3) is 5.33. The lowest BCUT2D eigenvalue weighted by Crippen LogP contribution is -2.52. The molecule has 2 aliphatic rings. The van der Waals surface area contributed by atoms with E-state index in [9.17, 15) is 9.59 Å². The Morgan fingerprint density at radius 2 is 1.83 bits per heavy atom. The van der Waals surface area contributed by atoms with Crippen molar-refractivity contribution in [3.05, 3.63) is 0 Å². The van der Waals surface area contributed by atoms with Crippen molar-refractivity contribution in [1.82, 2.24) is 9.80 Å². The minimum absolute atomic E-state index is 0. The molecular weight excluding hydrogens is 318 g/mol. The Kier molecular flexibility index (Phi) is 8.29. The molecule has 2 heterocycles. The molecule has 0 bridgehead atoms. The highest BCUT2D eigenvalue weighted by molar-refractivity contribution is 5.85. The number of rotatable bonds is 4. The summed E-state index contributed by atoms with van der Waals surface area (Å²) in [7, 11) is 1.42. The van der Waals surface area contributed by atoms with Gasteiger partial charge >= 0.3 is 5.97 Å². The molecule has 0 aromatic carbocycles. The van der Waals surface area contributed by atoms with Gasteiger partial charge in [-0.3, -0.25) is 14.5 Å². The van der Waals surface area contributed by atoms with E-state index in [0.717, 1.165) is 19.4 Å². The third-order valence-electron chi connectivity index (χ3n) is 5.09. The monoisotopic (exact) mass is 347 g/mol. The van der Waals surface area contributed by atoms with Crippen LogP contribution < -0.4 is 5.73 Å². The van der Waals surface area contributed by atoms with Crippen LogP contribution in [0.3, 0.4) is 0 Å². The molecule has 2 unspecified atom stereocenters. The van der Waals surface area contributed by atoms with Crippen LogP contribution in [0.15, 0.2) is 0 Å². The summed E-state index contributed by atoms with van der Waals surface area (Å²) in [5.41, 5.74) is 5.86. The lowest BCUT2D eigenvalue weighted by Gasteiger charge is -2.39. The van der Waals surface area contributed by atoms with Gasteiger partial charge in [0.05, 0.1) is 19.6 Å². The predicted molar refractivity (Wildman–Crippen MR) is 91.4 cm³/mol. The molecule has 2 fully saturated rings. The first-order valence-corrected chi connectivity index (χ1v) is 8.34. The first-order valence-electron chi connectivity index (χ1n) is 8.34. The van der Waals surface area contributed by atoms with E-state index in [4.69, 9.17) is 10.5 Å². The number of hydrogen-bond acceptors (Lipinski definition) is 5. The van der Waals surface area contributed by atoms with Crippen molar-refractivity contribution in [2.24, 2.45) is 17.6 Å². The maximum atomic E-state index is 12.5. The van der Waals surface area contributed by atoms with Gasteiger partial charge in [0.25, 0.3) is 0 Å². The van der Waals surface area contributed by atoms with Gasteiger partial charge in [-0.2, -0.15) is 0 Å². The summed E-state index contributed by atoms with van der Waals surface area (Å²) in [5, 5.41) is 0. The third-order valence-corrected chi connectivity index (χ3v) is 5.09. The Bertz CT molecular complexity index is 400. The lowest BCUT2D eigenvalue weighted by molar-refractivity contribution is -0.149. The topological polar surface area (TPSA) is 75.9 Å². The van der Waals surface area contributed by atoms with Crippen molar-refractivity contribution in [1.29, 1.82) is 0 Å². The van der Waals surface area contributed by atoms with Crippen LogP contribution in [0.2, 0.25) is 0 Å². The van der Waals surface area contributed by atoms with Gasteiger partial charge in [0.15, 0.2) is 0 Å². The Hall–Kier alpha value is -0.850. The summed E-state index contributed by atoms with van der Waals surface area (Å²) < 4.78 is 4.78. The van der Waals surface area contributed by atoms with Crippen LogP contribution in [0, 0.1) is 11.8 Å². The number of halogens is 1. The Labute approximate surface area is 145 Å². The summed E-state index contributed by atoms with van der Waals surface area (Å²) >= 11 is 0. The van der Waals surface area contributed by atoms with E-state index < -0.39 is 0 Å². The first-order chi connectivity index (χ1) is 10.5. The van der Waals surface area contributed by atoms with Crippen molar-refractivity contribution < 1.29 is 14.3 Å². The highest BCUT2D eigenvalue weighted by Gasteiger charge is 2.31. The zero-order chi connectivity index (χ0) is 16.1. The molecule has 2 N–H and O–H groups in total. The van der Waals surface area contributed by atoms with Gasteiger partial charge in [-0.25, -0.2) is 0 Å². The second kappa shape index (κ2) is 9.45. The first kappa shape index (κ1) is 20.2. The van der Waals surface area contributed by atoms with Gasteiger partial charge in [-0.15, -0.1) is 12.4 Å². The van der Waals surface area contributed by atoms with Crippen LogP contribution in [-0.2, 0) is 14.3 Å². The maximum Gasteiger partial charge on any atom is 0.308 e. The number of carbonyl (C=O) groups is 2. The summed E-state index contributed by atoms with van der Waals surface area (Å²) in [6, 6.07) is 0.320. The van der Waals surface area contributed by atoms with Crippen LogP contribution in [0.4, 0.5) is 0 Å². The largest absolute Gasteiger partial charge is 0.469 e. The van der Waals surface area contributed by atoms with E-state index >= 15 is 0 Å². The molecule has 2 saturated heterocycles. The molecule has 6 nitrogen and oxygen atoms in total. The fourth-order valence-corrected chi connectivity index (χ4v) is 3.56. The van der Waals surface area contributed by atoms with Crippen LogP contribution in [-0.4, -0.2) is 67.6 Å². The molecule has 0 spiro atoms. The number of carbonyl (C=O) groups excluding carboxylic acids is 2. The SMILES string of the molecule is COC(=O)C1CCN(C(=O)CN2CCC(C)CC2CN)CC1.Cl. The maximum absolute atomic E-state index is 12.5. The lowest BCUT2D eigenvalue weighted by atomic mass is 9.92. The van der Waals surface area contributed by atoms with Crippen molar-refractivity contribution >= 4 is 24.3 Å². The van der Waals surface area contributed by atoms with Gasteiger partial charge < -0.3 is 15.4 Å². The summed E-state index contributed by atoms with van der Waals surface area (Å²) in [6.45, 7) is 5.57. The number of esters is 1. The summed E-state index contributed by atoms with van der Waals surface area (Å²) in [4.78, 5) is 28.1. The molecule has 134 valence electrons. The van der Waals surface area contributed by atoms with Crippen LogP contribution in [0.1, 0.15) is 32.6 Å². The minimum Gasteiger partial charge on any atom is -0.469 e. The molecular formula is C16H30ClN3O3. The quantitative estimate of drug-likeness (QED) is 0.764. The van der Waals surface area contributed by atoms with Crippen molar-refractivity contribution in [2.75, 3.05) is 39.8 Å². The number of hydrogen-bond donors (Lipinski definition) is 1. The normalized spacial score (nSPS) is 26.5. The van der Waals surface area contributed by atoms with E-state index in [-0.39, 0.29) is 30.2 Å². The number of ether oxygens (including phenoxy) is 1. The van der Waals surface area contributed by atoms with E-state index in [1.165, 1.54) is 7.11 Å². The van der Waals surface area contributed by atoms with Crippen LogP contribution in [0.25, 0.3) is 0 Å². The summed E-state index contributed by atoms with van der Waals surface area (Å²) in [5.74, 6) is 0.647. The standard InChI is InChI=1S/C16H29N3O3.ClH/c1-12-3-6-19(14(9-12)10-17)11-15(20)18-7-4-13(5-8-18)16(21)22-2;/h12-14H,3-11,17H2,1-2H3;1H. The van der Waals surface area contributed by atoms with Crippen molar-refractivity contribution in [3.8, 4) is 0 Å². The zero-order valence-electron chi connectivity index (χ0n) is 14.2. The average molecular weight is 348 g/mol. The molecule has 23 heavy (non-hydrogen) atoms. The fourth-order valence-electron chi connectivity index (χ4n) is 3.56. The molecule has 0 aromatic heterocycles. The number of amides is 1. The number of piperidine rings is 2. The van der Waals surface area contributed by atoms with E-state index in [0.29, 0.717) is 51.0 Å². The van der Waals surface area contributed by atoms with Gasteiger partial charge in [0.1, 0.15) is 0 Å². The van der Waals surface area contributed by atoms with Crippen LogP contribution >= 0.6 is 12.4 Å². The molecule has 0 saturated carbocycles. The number of likely N-dealkylation sites (tertiary alicyclic amines) is 2. The Balaban J connectivity index is 0.00000264. The van der Waals surface area contributed by atoms with Crippen molar-refractivity contribution in [2.45, 2.75) is 38.6 Å². The molecule has 2 aliphatic heterocycles. The van der Waals surface area contributed by atoms with Gasteiger partial charge in [-0.05, 0) is 38.1 Å². The molecule has 7 heteroatoms. The fraction of sp³-hybridized carbons (Fsp3) is 0.875.